The smallest absolute Gasteiger partial charge is 0.270 e. The van der Waals surface area contributed by atoms with Gasteiger partial charge in [0.25, 0.3) is 5.92 Å². The predicted molar refractivity (Wildman–Crippen MR) is 69.2 cm³/mol. The van der Waals surface area contributed by atoms with Gasteiger partial charge >= 0.3 is 0 Å². The van der Waals surface area contributed by atoms with Gasteiger partial charge < -0.3 is 10.9 Å². The quantitative estimate of drug-likeness (QED) is 0.249. The van der Waals surface area contributed by atoms with Gasteiger partial charge in [-0.25, -0.2) is 13.8 Å². The number of hydrogen-bond donors (Lipinski definition) is 5. The van der Waals surface area contributed by atoms with Crippen molar-refractivity contribution in [1.29, 1.82) is 5.41 Å². The first-order valence-corrected chi connectivity index (χ1v) is 5.33. The molecular weight excluding hydrogens is 272 g/mol. The first-order chi connectivity index (χ1) is 9.29. The Hall–Kier alpha value is -2.55. The Morgan fingerprint density at radius 1 is 1.45 bits per heavy atom. The van der Waals surface area contributed by atoms with Crippen LogP contribution >= 0.6 is 0 Å². The molecular formula is C11H13F2N5O2. The number of benzene rings is 1. The summed E-state index contributed by atoms with van der Waals surface area (Å²) in [6, 6.07) is 5.05. The maximum absolute atomic E-state index is 13.2. The van der Waals surface area contributed by atoms with Crippen molar-refractivity contribution in [3.8, 4) is 0 Å². The standard InChI is InChI=1S/C11H13F2N5O2/c1-11(12,13)6-3-2-4-7(5-6)16-10(18-20)8(17-19)9(14)15/h2-5,19-20H,1H3,(H3,14,15)(H,16,18)/b17-8+. The summed E-state index contributed by atoms with van der Waals surface area (Å²) in [6.07, 6.45) is 0. The van der Waals surface area contributed by atoms with E-state index in [-0.39, 0.29) is 11.3 Å². The van der Waals surface area contributed by atoms with Crippen molar-refractivity contribution in [3.63, 3.8) is 0 Å². The second-order valence-electron chi connectivity index (χ2n) is 3.87. The number of nitrogens with two attached hydrogens (primary N) is 1. The molecule has 0 amide bonds. The molecule has 0 aliphatic heterocycles. The fourth-order valence-electron chi connectivity index (χ4n) is 1.34. The lowest BCUT2D eigenvalue weighted by Crippen LogP contribution is -2.37. The van der Waals surface area contributed by atoms with Gasteiger partial charge in [-0.3, -0.25) is 16.1 Å². The average Bonchev–Trinajstić information content (AvgIpc) is 2.37. The Labute approximate surface area is 112 Å². The first-order valence-electron chi connectivity index (χ1n) is 5.33. The van der Waals surface area contributed by atoms with E-state index in [0.29, 0.717) is 0 Å². The molecule has 0 saturated heterocycles. The Morgan fingerprint density at radius 3 is 2.55 bits per heavy atom. The number of alkyl halides is 2. The van der Waals surface area contributed by atoms with Crippen molar-refractivity contribution in [2.24, 2.45) is 15.9 Å². The maximum atomic E-state index is 13.2. The van der Waals surface area contributed by atoms with E-state index >= 15 is 0 Å². The maximum Gasteiger partial charge on any atom is 0.270 e. The summed E-state index contributed by atoms with van der Waals surface area (Å²) in [4.78, 5) is 3.75. The number of nitrogens with zero attached hydrogens (tertiary/aromatic N) is 2. The van der Waals surface area contributed by atoms with Crippen molar-refractivity contribution in [3.05, 3.63) is 29.8 Å². The fourth-order valence-corrected chi connectivity index (χ4v) is 1.34. The van der Waals surface area contributed by atoms with Gasteiger partial charge in [-0.2, -0.15) is 0 Å². The molecule has 0 fully saturated rings. The highest BCUT2D eigenvalue weighted by Gasteiger charge is 2.24. The van der Waals surface area contributed by atoms with Gasteiger partial charge in [0.05, 0.1) is 5.69 Å². The molecule has 0 atom stereocenters. The zero-order valence-corrected chi connectivity index (χ0v) is 10.4. The van der Waals surface area contributed by atoms with Crippen LogP contribution in [0.15, 0.2) is 34.4 Å². The Bertz CT molecular complexity index is 566. The van der Waals surface area contributed by atoms with Crippen LogP contribution in [0.25, 0.3) is 0 Å². The molecule has 0 aliphatic rings. The monoisotopic (exact) mass is 285 g/mol. The van der Waals surface area contributed by atoms with Crippen LogP contribution in [0.1, 0.15) is 12.5 Å². The molecule has 0 unspecified atom stereocenters. The largest absolute Gasteiger partial charge is 0.410 e. The number of amidine groups is 2. The van der Waals surface area contributed by atoms with Crippen LogP contribution in [0, 0.1) is 5.41 Å². The molecule has 0 aliphatic carbocycles. The molecule has 9 heteroatoms. The molecule has 1 rings (SSSR count). The molecule has 1 aromatic rings. The molecule has 108 valence electrons. The SMILES string of the molecule is CC(F)(F)c1cccc(N=C(NO)/C(=N/O)C(=N)N)c1. The van der Waals surface area contributed by atoms with Crippen molar-refractivity contribution >= 4 is 23.1 Å². The van der Waals surface area contributed by atoms with Crippen LogP contribution in [-0.4, -0.2) is 27.8 Å². The fraction of sp³-hybridized carbons (Fsp3) is 0.182. The van der Waals surface area contributed by atoms with E-state index in [2.05, 4.69) is 10.1 Å². The van der Waals surface area contributed by atoms with Crippen LogP contribution in [0.2, 0.25) is 0 Å². The van der Waals surface area contributed by atoms with Crippen LogP contribution in [0.5, 0.6) is 0 Å². The minimum absolute atomic E-state index is 0.0583. The Balaban J connectivity index is 3.24. The highest BCUT2D eigenvalue weighted by atomic mass is 19.3. The molecule has 0 heterocycles. The zero-order valence-electron chi connectivity index (χ0n) is 10.4. The number of hydroxylamine groups is 1. The van der Waals surface area contributed by atoms with Gasteiger partial charge in [-0.1, -0.05) is 17.3 Å². The molecule has 0 bridgehead atoms. The molecule has 7 nitrogen and oxygen atoms in total. The zero-order chi connectivity index (χ0) is 15.3. The van der Waals surface area contributed by atoms with Crippen LogP contribution in [-0.2, 0) is 5.92 Å². The second kappa shape index (κ2) is 6.06. The molecule has 6 N–H and O–H groups in total. The van der Waals surface area contributed by atoms with Gasteiger partial charge in [0.1, 0.15) is 5.84 Å². The molecule has 0 aromatic heterocycles. The van der Waals surface area contributed by atoms with Crippen molar-refractivity contribution < 1.29 is 19.2 Å². The summed E-state index contributed by atoms with van der Waals surface area (Å²) in [5, 5.41) is 27.4. The number of aliphatic imine (C=N–C) groups is 1. The first kappa shape index (κ1) is 15.5. The normalized spacial score (nSPS) is 13.2. The van der Waals surface area contributed by atoms with E-state index in [0.717, 1.165) is 13.0 Å². The number of oxime groups is 1. The summed E-state index contributed by atoms with van der Waals surface area (Å²) in [7, 11) is 0. The summed E-state index contributed by atoms with van der Waals surface area (Å²) < 4.78 is 26.4. The van der Waals surface area contributed by atoms with Crippen LogP contribution in [0.4, 0.5) is 14.5 Å². The lowest BCUT2D eigenvalue weighted by Gasteiger charge is -2.11. The van der Waals surface area contributed by atoms with E-state index in [1.165, 1.54) is 18.2 Å². The summed E-state index contributed by atoms with van der Waals surface area (Å²) in [5.41, 5.74) is 5.96. The van der Waals surface area contributed by atoms with E-state index in [9.17, 15) is 8.78 Å². The summed E-state index contributed by atoms with van der Waals surface area (Å²) in [5.74, 6) is -4.16. The third-order valence-electron chi connectivity index (χ3n) is 2.28. The predicted octanol–water partition coefficient (Wildman–Crippen LogP) is 1.57. The average molecular weight is 285 g/mol. The third kappa shape index (κ3) is 3.72. The van der Waals surface area contributed by atoms with Gasteiger partial charge in [-0.15, -0.1) is 0 Å². The minimum Gasteiger partial charge on any atom is -0.410 e. The van der Waals surface area contributed by atoms with E-state index in [4.69, 9.17) is 21.6 Å². The Kier molecular flexibility index (Phi) is 4.70. The van der Waals surface area contributed by atoms with E-state index in [1.54, 1.807) is 5.48 Å². The van der Waals surface area contributed by atoms with Crippen molar-refractivity contribution in [2.45, 2.75) is 12.8 Å². The van der Waals surface area contributed by atoms with Gasteiger partial charge in [0, 0.05) is 12.5 Å². The van der Waals surface area contributed by atoms with E-state index < -0.39 is 23.3 Å². The number of halogens is 2. The second-order valence-corrected chi connectivity index (χ2v) is 3.87. The molecule has 0 saturated carbocycles. The lowest BCUT2D eigenvalue weighted by atomic mass is 10.1. The minimum atomic E-state index is -3.05. The molecule has 20 heavy (non-hydrogen) atoms. The van der Waals surface area contributed by atoms with Gasteiger partial charge in [0.2, 0.25) is 0 Å². The molecule has 0 spiro atoms. The van der Waals surface area contributed by atoms with Gasteiger partial charge in [0.15, 0.2) is 11.5 Å². The topological polar surface area (TPSA) is 127 Å². The lowest BCUT2D eigenvalue weighted by molar-refractivity contribution is 0.0175. The number of rotatable bonds is 4. The van der Waals surface area contributed by atoms with Gasteiger partial charge in [-0.05, 0) is 12.1 Å². The Morgan fingerprint density at radius 2 is 2.10 bits per heavy atom. The van der Waals surface area contributed by atoms with Crippen molar-refractivity contribution in [2.75, 3.05) is 0 Å². The summed E-state index contributed by atoms with van der Waals surface area (Å²) >= 11 is 0. The molecule has 0 radical (unpaired) electrons. The third-order valence-corrected chi connectivity index (χ3v) is 2.28. The van der Waals surface area contributed by atoms with Crippen LogP contribution < -0.4 is 11.2 Å². The summed E-state index contributed by atoms with van der Waals surface area (Å²) in [6.45, 7) is 0.733. The highest BCUT2D eigenvalue weighted by Crippen LogP contribution is 2.29. The van der Waals surface area contributed by atoms with E-state index in [1.807, 2.05) is 0 Å². The number of nitrogens with one attached hydrogen (secondary N) is 2. The molecule has 1 aromatic carbocycles. The highest BCUT2D eigenvalue weighted by molar-refractivity contribution is 6.66. The van der Waals surface area contributed by atoms with Crippen molar-refractivity contribution in [1.82, 2.24) is 5.48 Å². The van der Waals surface area contributed by atoms with Crippen LogP contribution in [0.3, 0.4) is 0 Å². The number of hydrogen-bond acceptors (Lipinski definition) is 5.